The van der Waals surface area contributed by atoms with Gasteiger partial charge in [-0.3, -0.25) is 0 Å². The Morgan fingerprint density at radius 1 is 1.05 bits per heavy atom. The molecule has 0 fully saturated rings. The molecule has 1 aliphatic rings. The molecule has 2 aromatic rings. The third-order valence-electron chi connectivity index (χ3n) is 3.62. The van der Waals surface area contributed by atoms with Gasteiger partial charge in [0.05, 0.1) is 5.71 Å². The molecule has 0 heterocycles. The topological polar surface area (TPSA) is 41.8 Å². The Labute approximate surface area is 118 Å². The van der Waals surface area contributed by atoms with Crippen molar-refractivity contribution in [1.82, 2.24) is 0 Å². The first-order valence-electron chi connectivity index (χ1n) is 6.88. The molecule has 1 aliphatic carbocycles. The maximum absolute atomic E-state index is 9.08. The average molecular weight is 267 g/mol. The molecule has 102 valence electrons. The van der Waals surface area contributed by atoms with E-state index in [-0.39, 0.29) is 0 Å². The van der Waals surface area contributed by atoms with E-state index in [9.17, 15) is 0 Å². The highest BCUT2D eigenvalue weighted by Gasteiger charge is 2.16. The van der Waals surface area contributed by atoms with Crippen LogP contribution in [0, 0.1) is 0 Å². The van der Waals surface area contributed by atoms with E-state index in [1.165, 1.54) is 5.56 Å². The first kappa shape index (κ1) is 12.7. The Balaban J connectivity index is 1.78. The van der Waals surface area contributed by atoms with Crippen molar-refractivity contribution in [2.45, 2.75) is 25.9 Å². The van der Waals surface area contributed by atoms with Crippen LogP contribution in [0.25, 0.3) is 0 Å². The van der Waals surface area contributed by atoms with Crippen LogP contribution in [0.4, 0.5) is 0 Å². The Morgan fingerprint density at radius 2 is 1.90 bits per heavy atom. The van der Waals surface area contributed by atoms with E-state index in [1.807, 2.05) is 42.5 Å². The highest BCUT2D eigenvalue weighted by atomic mass is 16.5. The molecule has 0 bridgehead atoms. The number of ether oxygens (including phenoxy) is 1. The molecule has 0 aromatic heterocycles. The fraction of sp³-hybridized carbons (Fsp3) is 0.235. The maximum Gasteiger partial charge on any atom is 0.120 e. The van der Waals surface area contributed by atoms with Crippen molar-refractivity contribution in [3.63, 3.8) is 0 Å². The summed E-state index contributed by atoms with van der Waals surface area (Å²) < 4.78 is 5.81. The van der Waals surface area contributed by atoms with Crippen molar-refractivity contribution in [2.24, 2.45) is 5.16 Å². The molecular formula is C17H17NO2. The van der Waals surface area contributed by atoms with Crippen LogP contribution in [0.15, 0.2) is 53.7 Å². The predicted molar refractivity (Wildman–Crippen MR) is 78.5 cm³/mol. The number of fused-ring (bicyclic) bond motifs is 1. The zero-order chi connectivity index (χ0) is 13.8. The van der Waals surface area contributed by atoms with Crippen LogP contribution in [0.1, 0.15) is 29.5 Å². The lowest BCUT2D eigenvalue weighted by molar-refractivity contribution is 0.305. The van der Waals surface area contributed by atoms with Gasteiger partial charge in [0, 0.05) is 5.56 Å². The van der Waals surface area contributed by atoms with Crippen LogP contribution in [-0.4, -0.2) is 10.9 Å². The Bertz CT molecular complexity index is 620. The summed E-state index contributed by atoms with van der Waals surface area (Å²) in [5, 5.41) is 12.5. The molecule has 2 aromatic carbocycles. The molecule has 3 nitrogen and oxygen atoms in total. The summed E-state index contributed by atoms with van der Waals surface area (Å²) in [6.07, 6.45) is 2.90. The quantitative estimate of drug-likeness (QED) is 0.679. The van der Waals surface area contributed by atoms with E-state index in [0.717, 1.165) is 41.9 Å². The summed E-state index contributed by atoms with van der Waals surface area (Å²) in [5.74, 6) is 0.815. The lowest BCUT2D eigenvalue weighted by atomic mass is 9.90. The smallest absolute Gasteiger partial charge is 0.120 e. The summed E-state index contributed by atoms with van der Waals surface area (Å²) in [4.78, 5) is 0. The van der Waals surface area contributed by atoms with Gasteiger partial charge in [0.2, 0.25) is 0 Å². The normalized spacial score (nSPS) is 15.9. The number of aryl methyl sites for hydroxylation is 1. The van der Waals surface area contributed by atoms with Gasteiger partial charge in [-0.1, -0.05) is 41.6 Å². The lowest BCUT2D eigenvalue weighted by Crippen LogP contribution is -2.12. The zero-order valence-electron chi connectivity index (χ0n) is 11.2. The number of rotatable bonds is 3. The predicted octanol–water partition coefficient (Wildman–Crippen LogP) is 3.78. The highest BCUT2D eigenvalue weighted by molar-refractivity contribution is 6.02. The zero-order valence-corrected chi connectivity index (χ0v) is 11.2. The SMILES string of the molecule is O/N=C1\CCCc2ccc(OCc3ccccc3)cc21. The van der Waals surface area contributed by atoms with Crippen LogP contribution in [-0.2, 0) is 13.0 Å². The largest absolute Gasteiger partial charge is 0.489 e. The van der Waals surface area contributed by atoms with Crippen molar-refractivity contribution in [1.29, 1.82) is 0 Å². The van der Waals surface area contributed by atoms with Gasteiger partial charge in [0.25, 0.3) is 0 Å². The van der Waals surface area contributed by atoms with Crippen molar-refractivity contribution in [3.8, 4) is 5.75 Å². The van der Waals surface area contributed by atoms with E-state index < -0.39 is 0 Å². The number of oxime groups is 1. The van der Waals surface area contributed by atoms with Gasteiger partial charge in [-0.15, -0.1) is 0 Å². The number of nitrogens with zero attached hydrogens (tertiary/aromatic N) is 1. The van der Waals surface area contributed by atoms with Crippen LogP contribution >= 0.6 is 0 Å². The molecule has 3 heteroatoms. The van der Waals surface area contributed by atoms with Gasteiger partial charge in [0.15, 0.2) is 0 Å². The Morgan fingerprint density at radius 3 is 2.70 bits per heavy atom. The van der Waals surface area contributed by atoms with Gasteiger partial charge in [-0.05, 0) is 42.5 Å². The second-order valence-corrected chi connectivity index (χ2v) is 4.99. The second-order valence-electron chi connectivity index (χ2n) is 4.99. The fourth-order valence-corrected chi connectivity index (χ4v) is 2.56. The highest BCUT2D eigenvalue weighted by Crippen LogP contribution is 2.26. The van der Waals surface area contributed by atoms with Gasteiger partial charge >= 0.3 is 0 Å². The Hall–Kier alpha value is -2.29. The number of hydrogen-bond acceptors (Lipinski definition) is 3. The van der Waals surface area contributed by atoms with Gasteiger partial charge < -0.3 is 9.94 Å². The molecule has 1 N–H and O–H groups in total. The van der Waals surface area contributed by atoms with Crippen molar-refractivity contribution < 1.29 is 9.94 Å². The first-order valence-corrected chi connectivity index (χ1v) is 6.88. The molecule has 20 heavy (non-hydrogen) atoms. The fourth-order valence-electron chi connectivity index (χ4n) is 2.56. The summed E-state index contributed by atoms with van der Waals surface area (Å²) in [6.45, 7) is 0.547. The minimum Gasteiger partial charge on any atom is -0.489 e. The van der Waals surface area contributed by atoms with Crippen molar-refractivity contribution in [2.75, 3.05) is 0 Å². The standard InChI is InChI=1S/C17H17NO2/c19-18-17-8-4-7-14-9-10-15(11-16(14)17)20-12-13-5-2-1-3-6-13/h1-3,5-6,9-11,19H,4,7-8,12H2/b18-17+. The van der Waals surface area contributed by atoms with E-state index in [1.54, 1.807) is 0 Å². The van der Waals surface area contributed by atoms with E-state index in [2.05, 4.69) is 11.2 Å². The lowest BCUT2D eigenvalue weighted by Gasteiger charge is -2.18. The van der Waals surface area contributed by atoms with Gasteiger partial charge in [-0.25, -0.2) is 0 Å². The molecule has 0 unspecified atom stereocenters. The van der Waals surface area contributed by atoms with Gasteiger partial charge in [-0.2, -0.15) is 0 Å². The molecular weight excluding hydrogens is 250 g/mol. The summed E-state index contributed by atoms with van der Waals surface area (Å²) in [7, 11) is 0. The molecule has 0 saturated carbocycles. The van der Waals surface area contributed by atoms with Crippen LogP contribution in [0.2, 0.25) is 0 Å². The van der Waals surface area contributed by atoms with Crippen LogP contribution in [0.3, 0.4) is 0 Å². The number of benzene rings is 2. The summed E-state index contributed by atoms with van der Waals surface area (Å²) in [6, 6.07) is 16.1. The summed E-state index contributed by atoms with van der Waals surface area (Å²) in [5.41, 5.74) is 4.15. The molecule has 0 radical (unpaired) electrons. The van der Waals surface area contributed by atoms with Gasteiger partial charge in [0.1, 0.15) is 12.4 Å². The molecule has 0 aliphatic heterocycles. The monoisotopic (exact) mass is 267 g/mol. The van der Waals surface area contributed by atoms with Crippen LogP contribution < -0.4 is 4.74 Å². The minimum atomic E-state index is 0.547. The van der Waals surface area contributed by atoms with E-state index in [0.29, 0.717) is 6.61 Å². The maximum atomic E-state index is 9.08. The molecule has 0 saturated heterocycles. The molecule has 0 atom stereocenters. The third-order valence-corrected chi connectivity index (χ3v) is 3.62. The van der Waals surface area contributed by atoms with Crippen molar-refractivity contribution in [3.05, 3.63) is 65.2 Å². The summed E-state index contributed by atoms with van der Waals surface area (Å²) >= 11 is 0. The first-order chi connectivity index (χ1) is 9.86. The second kappa shape index (κ2) is 5.78. The van der Waals surface area contributed by atoms with E-state index >= 15 is 0 Å². The molecule has 0 amide bonds. The molecule has 0 spiro atoms. The minimum absolute atomic E-state index is 0.547. The van der Waals surface area contributed by atoms with Crippen molar-refractivity contribution >= 4 is 5.71 Å². The van der Waals surface area contributed by atoms with Crippen LogP contribution in [0.5, 0.6) is 5.75 Å². The molecule has 3 rings (SSSR count). The number of hydrogen-bond donors (Lipinski definition) is 1. The third kappa shape index (κ3) is 2.67. The average Bonchev–Trinajstić information content (AvgIpc) is 2.53. The Kier molecular flexibility index (Phi) is 3.68. The van der Waals surface area contributed by atoms with E-state index in [4.69, 9.17) is 9.94 Å².